The van der Waals surface area contributed by atoms with Crippen molar-refractivity contribution in [3.63, 3.8) is 0 Å². The highest BCUT2D eigenvalue weighted by Gasteiger charge is 2.13. The van der Waals surface area contributed by atoms with E-state index < -0.39 is 0 Å². The molecule has 0 atom stereocenters. The fourth-order valence-electron chi connectivity index (χ4n) is 1.70. The zero-order valence-corrected chi connectivity index (χ0v) is 13.2. The zero-order chi connectivity index (χ0) is 14.1. The molecule has 0 aliphatic carbocycles. The van der Waals surface area contributed by atoms with Crippen LogP contribution in [0.3, 0.4) is 0 Å². The maximum atomic E-state index is 12.1. The molecule has 1 aromatic carbocycles. The van der Waals surface area contributed by atoms with Crippen molar-refractivity contribution in [1.29, 1.82) is 0 Å². The first-order valence-electron chi connectivity index (χ1n) is 5.72. The van der Waals surface area contributed by atoms with Gasteiger partial charge in [0, 0.05) is 5.69 Å². The van der Waals surface area contributed by atoms with E-state index in [2.05, 4.69) is 19.9 Å². The van der Waals surface area contributed by atoms with Crippen LogP contribution in [0.4, 0.5) is 5.69 Å². The van der Waals surface area contributed by atoms with Gasteiger partial charge in [0.25, 0.3) is 5.91 Å². The highest BCUT2D eigenvalue weighted by molar-refractivity contribution is 8.00. The molecule has 3 aromatic rings. The summed E-state index contributed by atoms with van der Waals surface area (Å²) in [6.45, 7) is 1.77. The molecule has 8 heteroatoms. The Bertz CT molecular complexity index is 780. The minimum atomic E-state index is -0.175. The summed E-state index contributed by atoms with van der Waals surface area (Å²) in [4.78, 5) is 17.1. The van der Waals surface area contributed by atoms with Crippen LogP contribution in [0, 0.1) is 6.92 Å². The summed E-state index contributed by atoms with van der Waals surface area (Å²) in [7, 11) is 0. The van der Waals surface area contributed by atoms with Crippen LogP contribution in [0.5, 0.6) is 0 Å². The third-order valence-corrected chi connectivity index (χ3v) is 5.49. The number of fused-ring (bicyclic) bond motifs is 1. The van der Waals surface area contributed by atoms with Gasteiger partial charge in [-0.25, -0.2) is 4.98 Å². The van der Waals surface area contributed by atoms with E-state index in [0.717, 1.165) is 31.8 Å². The van der Waals surface area contributed by atoms with Crippen LogP contribution < -0.4 is 5.32 Å². The first-order chi connectivity index (χ1) is 9.67. The number of thioether (sulfide) groups is 1. The third kappa shape index (κ3) is 2.54. The molecule has 0 saturated carbocycles. The topological polar surface area (TPSA) is 67.8 Å². The largest absolute Gasteiger partial charge is 0.321 e. The molecule has 2 heterocycles. The number of rotatable bonds is 3. The lowest BCUT2D eigenvalue weighted by molar-refractivity contribution is 0.103. The molecule has 0 radical (unpaired) electrons. The van der Waals surface area contributed by atoms with Gasteiger partial charge in [-0.1, -0.05) is 16.3 Å². The Labute approximate surface area is 127 Å². The third-order valence-electron chi connectivity index (χ3n) is 2.66. The van der Waals surface area contributed by atoms with Crippen molar-refractivity contribution in [2.24, 2.45) is 0 Å². The summed E-state index contributed by atoms with van der Waals surface area (Å²) in [6.07, 6.45) is 2.00. The van der Waals surface area contributed by atoms with Gasteiger partial charge in [-0.15, -0.1) is 16.4 Å². The Balaban J connectivity index is 1.87. The molecule has 20 heavy (non-hydrogen) atoms. The minimum absolute atomic E-state index is 0.175. The minimum Gasteiger partial charge on any atom is -0.321 e. The van der Waals surface area contributed by atoms with Crippen LogP contribution in [0.25, 0.3) is 10.2 Å². The Hall–Kier alpha value is -1.51. The van der Waals surface area contributed by atoms with Crippen molar-refractivity contribution >= 4 is 56.4 Å². The van der Waals surface area contributed by atoms with Gasteiger partial charge >= 0.3 is 0 Å². The second kappa shape index (κ2) is 5.47. The second-order valence-electron chi connectivity index (χ2n) is 4.01. The van der Waals surface area contributed by atoms with E-state index in [4.69, 9.17) is 0 Å². The Morgan fingerprint density at radius 3 is 2.95 bits per heavy atom. The summed E-state index contributed by atoms with van der Waals surface area (Å²) in [6, 6.07) is 5.71. The quantitative estimate of drug-likeness (QED) is 0.748. The lowest BCUT2D eigenvalue weighted by atomic mass is 10.3. The number of carbonyl (C=O) groups excluding carboxylic acids is 1. The van der Waals surface area contributed by atoms with Crippen LogP contribution in [-0.4, -0.2) is 26.7 Å². The first kappa shape index (κ1) is 13.5. The average Bonchev–Trinajstić information content (AvgIpc) is 3.03. The molecule has 0 bridgehead atoms. The summed E-state index contributed by atoms with van der Waals surface area (Å²) in [5.74, 6) is -0.175. The number of hydrogen-bond donors (Lipinski definition) is 1. The summed E-state index contributed by atoms with van der Waals surface area (Å²) >= 11 is 4.34. The summed E-state index contributed by atoms with van der Waals surface area (Å²) < 4.78 is 5.85. The molecule has 5 nitrogen and oxygen atoms in total. The average molecular weight is 322 g/mol. The van der Waals surface area contributed by atoms with E-state index in [9.17, 15) is 4.79 Å². The van der Waals surface area contributed by atoms with E-state index in [1.165, 1.54) is 0 Å². The summed E-state index contributed by atoms with van der Waals surface area (Å²) in [5.41, 5.74) is 2.36. The van der Waals surface area contributed by atoms with Crippen molar-refractivity contribution in [1.82, 2.24) is 14.6 Å². The van der Waals surface area contributed by atoms with E-state index >= 15 is 0 Å². The molecule has 0 unspecified atom stereocenters. The molecule has 0 aliphatic heterocycles. The number of aromatic nitrogens is 3. The van der Waals surface area contributed by atoms with Gasteiger partial charge in [0.2, 0.25) is 0 Å². The van der Waals surface area contributed by atoms with Gasteiger partial charge in [-0.2, -0.15) is 0 Å². The standard InChI is InChI=1S/C12H10N4OS3/c1-6-10(20-16-15-6)11(17)13-7-3-4-8-9(5-7)19-12(14-8)18-2/h3-5H,1-2H3,(H,13,17). The number of thiazole rings is 1. The molecular formula is C12H10N4OS3. The van der Waals surface area contributed by atoms with Gasteiger partial charge < -0.3 is 5.32 Å². The van der Waals surface area contributed by atoms with Crippen LogP contribution in [0.15, 0.2) is 22.5 Å². The SMILES string of the molecule is CSc1nc2ccc(NC(=O)c3snnc3C)cc2s1. The van der Waals surface area contributed by atoms with Crippen molar-refractivity contribution in [2.75, 3.05) is 11.6 Å². The van der Waals surface area contributed by atoms with Crippen molar-refractivity contribution < 1.29 is 4.79 Å². The number of amides is 1. The highest BCUT2D eigenvalue weighted by Crippen LogP contribution is 2.30. The maximum absolute atomic E-state index is 12.1. The van der Waals surface area contributed by atoms with E-state index in [-0.39, 0.29) is 5.91 Å². The van der Waals surface area contributed by atoms with Crippen LogP contribution >= 0.6 is 34.6 Å². The normalized spacial score (nSPS) is 10.9. The molecule has 102 valence electrons. The molecule has 2 aromatic heterocycles. The number of benzene rings is 1. The van der Waals surface area contributed by atoms with E-state index in [1.807, 2.05) is 24.5 Å². The Kier molecular flexibility index (Phi) is 3.68. The number of hydrogen-bond acceptors (Lipinski definition) is 7. The van der Waals surface area contributed by atoms with Crippen molar-refractivity contribution in [3.05, 3.63) is 28.8 Å². The molecule has 1 N–H and O–H groups in total. The smallest absolute Gasteiger partial charge is 0.269 e. The van der Waals surface area contributed by atoms with Gasteiger partial charge in [0.1, 0.15) is 4.88 Å². The number of aryl methyl sites for hydroxylation is 1. The lowest BCUT2D eigenvalue weighted by Gasteiger charge is -2.03. The number of nitrogens with one attached hydrogen (secondary N) is 1. The van der Waals surface area contributed by atoms with Crippen LogP contribution in [0.2, 0.25) is 0 Å². The molecule has 0 fully saturated rings. The first-order valence-corrected chi connectivity index (χ1v) is 8.53. The van der Waals surface area contributed by atoms with Gasteiger partial charge in [-0.3, -0.25) is 4.79 Å². The highest BCUT2D eigenvalue weighted by atomic mass is 32.2. The lowest BCUT2D eigenvalue weighted by Crippen LogP contribution is -2.11. The predicted molar refractivity (Wildman–Crippen MR) is 84.0 cm³/mol. The fraction of sp³-hybridized carbons (Fsp3) is 0.167. The summed E-state index contributed by atoms with van der Waals surface area (Å²) in [5, 5.41) is 6.71. The van der Waals surface area contributed by atoms with E-state index in [0.29, 0.717) is 10.6 Å². The number of anilines is 1. The molecule has 1 amide bonds. The van der Waals surface area contributed by atoms with E-state index in [1.54, 1.807) is 30.0 Å². The van der Waals surface area contributed by atoms with Crippen LogP contribution in [0.1, 0.15) is 15.4 Å². The second-order valence-corrected chi connectivity index (χ2v) is 6.85. The van der Waals surface area contributed by atoms with Gasteiger partial charge in [0.15, 0.2) is 4.34 Å². The predicted octanol–water partition coefficient (Wildman–Crippen LogP) is 3.43. The van der Waals surface area contributed by atoms with Gasteiger partial charge in [-0.05, 0) is 42.9 Å². The molecular weight excluding hydrogens is 312 g/mol. The molecule has 0 aliphatic rings. The molecule has 0 spiro atoms. The van der Waals surface area contributed by atoms with Crippen molar-refractivity contribution in [2.45, 2.75) is 11.3 Å². The maximum Gasteiger partial charge on any atom is 0.269 e. The van der Waals surface area contributed by atoms with Crippen LogP contribution in [-0.2, 0) is 0 Å². The fourth-order valence-corrected chi connectivity index (χ4v) is 3.78. The Morgan fingerprint density at radius 1 is 1.40 bits per heavy atom. The zero-order valence-electron chi connectivity index (χ0n) is 10.7. The van der Waals surface area contributed by atoms with Crippen molar-refractivity contribution in [3.8, 4) is 0 Å². The number of nitrogens with zero attached hydrogens (tertiary/aromatic N) is 3. The molecule has 3 rings (SSSR count). The Morgan fingerprint density at radius 2 is 2.25 bits per heavy atom. The van der Waals surface area contributed by atoms with Gasteiger partial charge in [0.05, 0.1) is 15.9 Å². The monoisotopic (exact) mass is 322 g/mol. The number of carbonyl (C=O) groups is 1. The molecule has 0 saturated heterocycles.